The molecule has 0 bridgehead atoms. The van der Waals surface area contributed by atoms with Crippen molar-refractivity contribution < 1.29 is 19.0 Å². The van der Waals surface area contributed by atoms with Gasteiger partial charge in [-0.3, -0.25) is 4.79 Å². The molecule has 1 fully saturated rings. The first kappa shape index (κ1) is 20.8. The number of benzene rings is 1. The molecule has 7 nitrogen and oxygen atoms in total. The van der Waals surface area contributed by atoms with E-state index in [0.29, 0.717) is 18.8 Å². The number of aromatic nitrogens is 2. The normalized spacial score (nSPS) is 14.9. The molecule has 2 aliphatic heterocycles. The lowest BCUT2D eigenvalue weighted by molar-refractivity contribution is -0.00617. The number of carbonyl (C=O) groups is 1. The Labute approximate surface area is 190 Å². The van der Waals surface area contributed by atoms with Crippen molar-refractivity contribution in [2.24, 2.45) is 0 Å². The Kier molecular flexibility index (Phi) is 5.48. The van der Waals surface area contributed by atoms with Crippen molar-refractivity contribution in [2.45, 2.75) is 26.9 Å². The summed E-state index contributed by atoms with van der Waals surface area (Å²) >= 11 is 1.59. The predicted octanol–water partition coefficient (Wildman–Crippen LogP) is 4.75. The zero-order valence-corrected chi connectivity index (χ0v) is 19.2. The number of allylic oxidation sites excluding steroid dienone is 1. The van der Waals surface area contributed by atoms with Crippen LogP contribution in [0.1, 0.15) is 41.9 Å². The number of nitrogens with zero attached hydrogens (tertiary/aromatic N) is 3. The molecule has 1 amide bonds. The maximum atomic E-state index is 13.4. The van der Waals surface area contributed by atoms with Gasteiger partial charge in [0.15, 0.2) is 5.69 Å². The number of methoxy groups -OCH3 is 1. The average Bonchev–Trinajstić information content (AvgIpc) is 3.46. The summed E-state index contributed by atoms with van der Waals surface area (Å²) in [5.41, 5.74) is 6.04. The van der Waals surface area contributed by atoms with Gasteiger partial charge in [0.2, 0.25) is 0 Å². The number of ether oxygens (including phenoxy) is 3. The van der Waals surface area contributed by atoms with Gasteiger partial charge in [-0.15, -0.1) is 0 Å². The first-order valence-corrected chi connectivity index (χ1v) is 11.5. The van der Waals surface area contributed by atoms with E-state index in [9.17, 15) is 4.79 Å². The van der Waals surface area contributed by atoms with Crippen LogP contribution in [0.15, 0.2) is 34.5 Å². The second-order valence-electron chi connectivity index (χ2n) is 8.13. The Morgan fingerprint density at radius 3 is 2.88 bits per heavy atom. The number of rotatable bonds is 4. The van der Waals surface area contributed by atoms with Crippen LogP contribution in [-0.4, -0.2) is 47.6 Å². The third-order valence-electron chi connectivity index (χ3n) is 5.59. The molecule has 2 aromatic heterocycles. The molecule has 166 valence electrons. The van der Waals surface area contributed by atoms with Gasteiger partial charge in [-0.25, -0.2) is 4.68 Å². The zero-order chi connectivity index (χ0) is 22.2. The fourth-order valence-corrected chi connectivity index (χ4v) is 4.75. The number of thiophene rings is 1. The quantitative estimate of drug-likeness (QED) is 0.573. The van der Waals surface area contributed by atoms with Gasteiger partial charge < -0.3 is 19.1 Å². The predicted molar refractivity (Wildman–Crippen MR) is 124 cm³/mol. The van der Waals surface area contributed by atoms with Gasteiger partial charge in [-0.1, -0.05) is 11.6 Å². The summed E-state index contributed by atoms with van der Waals surface area (Å²) in [6, 6.07) is 5.98. The zero-order valence-electron chi connectivity index (χ0n) is 18.4. The summed E-state index contributed by atoms with van der Waals surface area (Å²) in [6.07, 6.45) is 2.90. The van der Waals surface area contributed by atoms with Crippen molar-refractivity contribution in [1.29, 1.82) is 0 Å². The van der Waals surface area contributed by atoms with Crippen molar-refractivity contribution in [3.8, 4) is 28.4 Å². The highest BCUT2D eigenvalue weighted by Crippen LogP contribution is 2.44. The summed E-state index contributed by atoms with van der Waals surface area (Å²) in [5, 5.41) is 8.83. The van der Waals surface area contributed by atoms with Crippen LogP contribution >= 0.6 is 11.3 Å². The highest BCUT2D eigenvalue weighted by molar-refractivity contribution is 7.08. The minimum Gasteiger partial charge on any atom is -0.496 e. The number of carbonyl (C=O) groups excluding carboxylic acids is 1. The van der Waals surface area contributed by atoms with Gasteiger partial charge in [-0.2, -0.15) is 16.4 Å². The van der Waals surface area contributed by atoms with Crippen LogP contribution in [0.4, 0.5) is 0 Å². The lowest BCUT2D eigenvalue weighted by Crippen LogP contribution is -2.38. The van der Waals surface area contributed by atoms with E-state index in [1.54, 1.807) is 23.3 Å². The molecule has 0 saturated carbocycles. The smallest absolute Gasteiger partial charge is 0.276 e. The van der Waals surface area contributed by atoms with E-state index in [4.69, 9.17) is 19.3 Å². The van der Waals surface area contributed by atoms with E-state index in [1.807, 2.05) is 41.4 Å². The Bertz CT molecular complexity index is 1190. The summed E-state index contributed by atoms with van der Waals surface area (Å²) in [6.45, 7) is 6.00. The molecule has 0 unspecified atom stereocenters. The maximum Gasteiger partial charge on any atom is 0.276 e. The van der Waals surface area contributed by atoms with Gasteiger partial charge in [0.1, 0.15) is 24.8 Å². The molecule has 8 heteroatoms. The highest BCUT2D eigenvalue weighted by Gasteiger charge is 2.33. The average molecular weight is 452 g/mol. The van der Waals surface area contributed by atoms with E-state index >= 15 is 0 Å². The third-order valence-corrected chi connectivity index (χ3v) is 6.26. The largest absolute Gasteiger partial charge is 0.496 e. The molecule has 5 rings (SSSR count). The maximum absolute atomic E-state index is 13.4. The minimum absolute atomic E-state index is 0.125. The number of amides is 1. The Hall–Kier alpha value is -3.10. The summed E-state index contributed by atoms with van der Waals surface area (Å²) in [4.78, 5) is 15.1. The molecule has 2 aliphatic rings. The van der Waals surface area contributed by atoms with Crippen LogP contribution in [-0.2, 0) is 11.3 Å². The molecule has 0 atom stereocenters. The van der Waals surface area contributed by atoms with E-state index < -0.39 is 0 Å². The topological polar surface area (TPSA) is 65.8 Å². The number of fused-ring (bicyclic) bond motifs is 3. The fraction of sp³-hybridized carbons (Fsp3) is 0.333. The SMILES string of the molecule is COc1cc2c(cc1C=C(C)C)-c1c(c(C(=O)N3CCCOC3)nn1-c1ccsc1)CO2. The lowest BCUT2D eigenvalue weighted by atomic mass is 9.98. The van der Waals surface area contributed by atoms with E-state index in [-0.39, 0.29) is 19.2 Å². The van der Waals surface area contributed by atoms with Crippen molar-refractivity contribution >= 4 is 23.3 Å². The highest BCUT2D eigenvalue weighted by atomic mass is 32.1. The number of hydrogen-bond acceptors (Lipinski definition) is 6. The second-order valence-corrected chi connectivity index (χ2v) is 8.91. The van der Waals surface area contributed by atoms with Gasteiger partial charge in [0.05, 0.1) is 25.1 Å². The van der Waals surface area contributed by atoms with Crippen LogP contribution in [0.5, 0.6) is 11.5 Å². The molecular formula is C24H25N3O4S. The molecule has 0 aliphatic carbocycles. The lowest BCUT2D eigenvalue weighted by Gasteiger charge is -2.26. The van der Waals surface area contributed by atoms with Crippen molar-refractivity contribution in [3.63, 3.8) is 0 Å². The van der Waals surface area contributed by atoms with Gasteiger partial charge in [-0.05, 0) is 37.8 Å². The first-order chi connectivity index (χ1) is 15.6. The van der Waals surface area contributed by atoms with Crippen LogP contribution in [0.2, 0.25) is 0 Å². The van der Waals surface area contributed by atoms with Crippen LogP contribution < -0.4 is 9.47 Å². The van der Waals surface area contributed by atoms with Crippen LogP contribution in [0.3, 0.4) is 0 Å². The van der Waals surface area contributed by atoms with Crippen LogP contribution in [0, 0.1) is 0 Å². The summed E-state index contributed by atoms with van der Waals surface area (Å²) in [7, 11) is 1.66. The fourth-order valence-electron chi connectivity index (χ4n) is 4.14. The third kappa shape index (κ3) is 3.59. The standard InChI is InChI=1S/C24H25N3O4S/c1-15(2)9-16-10-18-21(11-20(16)29-3)31-12-19-22(24(28)26-6-4-7-30-14-26)25-27(23(18)19)17-5-8-32-13-17/h5,8-11,13H,4,6-7,12,14H2,1-3H3. The molecule has 0 spiro atoms. The molecule has 3 aromatic rings. The van der Waals surface area contributed by atoms with Gasteiger partial charge in [0, 0.05) is 34.7 Å². The molecular weight excluding hydrogens is 426 g/mol. The van der Waals surface area contributed by atoms with Gasteiger partial charge >= 0.3 is 0 Å². The van der Waals surface area contributed by atoms with E-state index in [0.717, 1.165) is 51.6 Å². The molecule has 0 N–H and O–H groups in total. The first-order valence-electron chi connectivity index (χ1n) is 10.6. The molecule has 32 heavy (non-hydrogen) atoms. The molecule has 4 heterocycles. The Morgan fingerprint density at radius 2 is 2.19 bits per heavy atom. The van der Waals surface area contributed by atoms with E-state index in [2.05, 4.69) is 12.1 Å². The summed E-state index contributed by atoms with van der Waals surface area (Å²) < 4.78 is 19.1. The van der Waals surface area contributed by atoms with E-state index in [1.165, 1.54) is 0 Å². The molecule has 1 saturated heterocycles. The van der Waals surface area contributed by atoms with Crippen LogP contribution in [0.25, 0.3) is 23.0 Å². The molecule has 1 aromatic carbocycles. The molecule has 0 radical (unpaired) electrons. The number of hydrogen-bond donors (Lipinski definition) is 0. The monoisotopic (exact) mass is 451 g/mol. The van der Waals surface area contributed by atoms with Crippen molar-refractivity contribution in [2.75, 3.05) is 27.0 Å². The van der Waals surface area contributed by atoms with Crippen molar-refractivity contribution in [3.05, 3.63) is 51.4 Å². The van der Waals surface area contributed by atoms with Crippen molar-refractivity contribution in [1.82, 2.24) is 14.7 Å². The Balaban J connectivity index is 1.70. The minimum atomic E-state index is -0.125. The second kappa shape index (κ2) is 8.44. The Morgan fingerprint density at radius 1 is 1.31 bits per heavy atom. The van der Waals surface area contributed by atoms with Gasteiger partial charge in [0.25, 0.3) is 5.91 Å². The summed E-state index contributed by atoms with van der Waals surface area (Å²) in [5.74, 6) is 1.34.